The number of halogens is 1. The van der Waals surface area contributed by atoms with Crippen molar-refractivity contribution in [3.8, 4) is 0 Å². The van der Waals surface area contributed by atoms with E-state index in [1.807, 2.05) is 0 Å². The number of para-hydroxylation sites is 1. The molecule has 0 atom stereocenters. The lowest BCUT2D eigenvalue weighted by Crippen LogP contribution is -2.14. The van der Waals surface area contributed by atoms with Crippen molar-refractivity contribution in [1.82, 2.24) is 0 Å². The van der Waals surface area contributed by atoms with Gasteiger partial charge in [-0.15, -0.1) is 0 Å². The molecule has 0 saturated carbocycles. The van der Waals surface area contributed by atoms with Gasteiger partial charge < -0.3 is 5.43 Å². The van der Waals surface area contributed by atoms with Crippen LogP contribution in [0.5, 0.6) is 0 Å². The molecule has 2 aromatic carbocycles. The quantitative estimate of drug-likeness (QED) is 0.599. The Bertz CT molecular complexity index is 695. The Morgan fingerprint density at radius 2 is 1.75 bits per heavy atom. The number of nitrogen functional groups attached to an aromatic ring is 1. The van der Waals surface area contributed by atoms with E-state index in [9.17, 15) is 8.42 Å². The first-order chi connectivity index (χ1) is 9.44. The lowest BCUT2D eigenvalue weighted by atomic mass is 10.2. The number of nitrogens with one attached hydrogen (secondary N) is 2. The van der Waals surface area contributed by atoms with E-state index < -0.39 is 10.0 Å². The molecule has 5 nitrogen and oxygen atoms in total. The van der Waals surface area contributed by atoms with Crippen LogP contribution in [0.25, 0.3) is 0 Å². The van der Waals surface area contributed by atoms with Gasteiger partial charge in [-0.25, -0.2) is 8.42 Å². The van der Waals surface area contributed by atoms with Crippen LogP contribution < -0.4 is 16.0 Å². The normalized spacial score (nSPS) is 11.2. The lowest BCUT2D eigenvalue weighted by molar-refractivity contribution is 0.601. The van der Waals surface area contributed by atoms with Crippen molar-refractivity contribution in [3.63, 3.8) is 0 Å². The SMILES string of the molecule is Cc1cccc(Cl)c1NS(=O)(=O)c1ccc(NN)cc1. The van der Waals surface area contributed by atoms with Crippen molar-refractivity contribution < 1.29 is 8.42 Å². The molecule has 4 N–H and O–H groups in total. The average molecular weight is 312 g/mol. The number of hydrogen-bond donors (Lipinski definition) is 3. The first-order valence-electron chi connectivity index (χ1n) is 5.78. The van der Waals surface area contributed by atoms with E-state index in [0.29, 0.717) is 16.4 Å². The van der Waals surface area contributed by atoms with E-state index in [2.05, 4.69) is 10.1 Å². The predicted octanol–water partition coefficient (Wildman–Crippen LogP) is 2.73. The van der Waals surface area contributed by atoms with Gasteiger partial charge in [0.1, 0.15) is 0 Å². The van der Waals surface area contributed by atoms with Gasteiger partial charge in [-0.1, -0.05) is 23.7 Å². The third-order valence-corrected chi connectivity index (χ3v) is 4.47. The zero-order valence-corrected chi connectivity index (χ0v) is 12.3. The largest absolute Gasteiger partial charge is 0.324 e. The second-order valence-corrected chi connectivity index (χ2v) is 6.30. The number of sulfonamides is 1. The molecule has 20 heavy (non-hydrogen) atoms. The number of hydrazine groups is 1. The Labute approximate surface area is 122 Å². The summed E-state index contributed by atoms with van der Waals surface area (Å²) < 4.78 is 27.1. The molecule has 2 rings (SSSR count). The van der Waals surface area contributed by atoms with Crippen LogP contribution in [0.15, 0.2) is 47.4 Å². The molecule has 7 heteroatoms. The summed E-state index contributed by atoms with van der Waals surface area (Å²) in [5.41, 5.74) is 4.20. The minimum Gasteiger partial charge on any atom is -0.324 e. The summed E-state index contributed by atoms with van der Waals surface area (Å²) in [5.74, 6) is 5.24. The molecule has 0 unspecified atom stereocenters. The highest BCUT2D eigenvalue weighted by Crippen LogP contribution is 2.28. The Morgan fingerprint density at radius 3 is 2.30 bits per heavy atom. The van der Waals surface area contributed by atoms with Gasteiger partial charge >= 0.3 is 0 Å². The van der Waals surface area contributed by atoms with Crippen LogP contribution in [0.2, 0.25) is 5.02 Å². The molecule has 0 heterocycles. The van der Waals surface area contributed by atoms with Crippen LogP contribution in [0.1, 0.15) is 5.56 Å². The maximum absolute atomic E-state index is 12.3. The zero-order valence-electron chi connectivity index (χ0n) is 10.7. The Morgan fingerprint density at radius 1 is 1.10 bits per heavy atom. The summed E-state index contributed by atoms with van der Waals surface area (Å²) in [7, 11) is -3.69. The molecule has 0 aliphatic rings. The fourth-order valence-corrected chi connectivity index (χ4v) is 3.16. The maximum atomic E-state index is 12.3. The van der Waals surface area contributed by atoms with Crippen molar-refractivity contribution in [1.29, 1.82) is 0 Å². The molecule has 0 fully saturated rings. The molecule has 0 spiro atoms. The standard InChI is InChI=1S/C13H14ClN3O2S/c1-9-3-2-4-12(14)13(9)17-20(18,19)11-7-5-10(16-15)6-8-11/h2-8,16-17H,15H2,1H3. The van der Waals surface area contributed by atoms with E-state index in [0.717, 1.165) is 5.56 Å². The Balaban J connectivity index is 2.35. The van der Waals surface area contributed by atoms with Crippen molar-refractivity contribution in [3.05, 3.63) is 53.1 Å². The highest BCUT2D eigenvalue weighted by Gasteiger charge is 2.16. The van der Waals surface area contributed by atoms with Gasteiger partial charge in [-0.05, 0) is 42.8 Å². The third-order valence-electron chi connectivity index (χ3n) is 2.79. The van der Waals surface area contributed by atoms with Crippen molar-refractivity contribution >= 4 is 33.0 Å². The second kappa shape index (κ2) is 5.70. The minimum atomic E-state index is -3.69. The maximum Gasteiger partial charge on any atom is 0.261 e. The highest BCUT2D eigenvalue weighted by atomic mass is 35.5. The second-order valence-electron chi connectivity index (χ2n) is 4.21. The van der Waals surface area contributed by atoms with E-state index >= 15 is 0 Å². The molecular weight excluding hydrogens is 298 g/mol. The van der Waals surface area contributed by atoms with Crippen LogP contribution in [0.3, 0.4) is 0 Å². The number of rotatable bonds is 4. The van der Waals surface area contributed by atoms with Gasteiger partial charge in [0.2, 0.25) is 0 Å². The first-order valence-corrected chi connectivity index (χ1v) is 7.65. The van der Waals surface area contributed by atoms with Crippen LogP contribution in [-0.4, -0.2) is 8.42 Å². The average Bonchev–Trinajstić information content (AvgIpc) is 2.43. The topological polar surface area (TPSA) is 84.2 Å². The summed E-state index contributed by atoms with van der Waals surface area (Å²) in [6.45, 7) is 1.78. The number of nitrogens with two attached hydrogens (primary N) is 1. The Kier molecular flexibility index (Phi) is 4.17. The van der Waals surface area contributed by atoms with Crippen molar-refractivity contribution in [2.24, 2.45) is 5.84 Å². The van der Waals surface area contributed by atoms with E-state index in [-0.39, 0.29) is 4.90 Å². The number of benzene rings is 2. The van der Waals surface area contributed by atoms with Crippen molar-refractivity contribution in [2.75, 3.05) is 10.1 Å². The van der Waals surface area contributed by atoms with Crippen LogP contribution in [0, 0.1) is 6.92 Å². The monoisotopic (exact) mass is 311 g/mol. The number of hydrogen-bond acceptors (Lipinski definition) is 4. The fourth-order valence-electron chi connectivity index (χ4n) is 1.68. The summed E-state index contributed by atoms with van der Waals surface area (Å²) in [6, 6.07) is 11.3. The molecule has 0 saturated heterocycles. The van der Waals surface area contributed by atoms with Crippen LogP contribution >= 0.6 is 11.6 Å². The predicted molar refractivity (Wildman–Crippen MR) is 81.2 cm³/mol. The Hall–Kier alpha value is -1.76. The molecule has 0 aliphatic heterocycles. The summed E-state index contributed by atoms with van der Waals surface area (Å²) >= 11 is 6.02. The van der Waals surface area contributed by atoms with Gasteiger partial charge in [0.15, 0.2) is 0 Å². The highest BCUT2D eigenvalue weighted by molar-refractivity contribution is 7.92. The van der Waals surface area contributed by atoms with E-state index in [4.69, 9.17) is 17.4 Å². The number of anilines is 2. The zero-order chi connectivity index (χ0) is 14.8. The number of aryl methyl sites for hydroxylation is 1. The minimum absolute atomic E-state index is 0.135. The van der Waals surface area contributed by atoms with E-state index in [1.54, 1.807) is 37.3 Å². The molecule has 0 aromatic heterocycles. The molecule has 0 aliphatic carbocycles. The molecule has 0 radical (unpaired) electrons. The summed E-state index contributed by atoms with van der Waals surface area (Å²) in [4.78, 5) is 0.135. The summed E-state index contributed by atoms with van der Waals surface area (Å²) in [5, 5.41) is 0.355. The van der Waals surface area contributed by atoms with Crippen molar-refractivity contribution in [2.45, 2.75) is 11.8 Å². The molecular formula is C13H14ClN3O2S. The third kappa shape index (κ3) is 3.04. The lowest BCUT2D eigenvalue weighted by Gasteiger charge is -2.12. The smallest absolute Gasteiger partial charge is 0.261 e. The first kappa shape index (κ1) is 14.6. The van der Waals surface area contributed by atoms with Gasteiger partial charge in [-0.3, -0.25) is 10.6 Å². The molecule has 106 valence electrons. The van der Waals surface area contributed by atoms with Gasteiger partial charge in [0.05, 0.1) is 15.6 Å². The summed E-state index contributed by atoms with van der Waals surface area (Å²) in [6.07, 6.45) is 0. The van der Waals surface area contributed by atoms with Crippen LogP contribution in [0.4, 0.5) is 11.4 Å². The fraction of sp³-hybridized carbons (Fsp3) is 0.0769. The molecule has 2 aromatic rings. The van der Waals surface area contributed by atoms with E-state index in [1.165, 1.54) is 12.1 Å². The van der Waals surface area contributed by atoms with Crippen LogP contribution in [-0.2, 0) is 10.0 Å². The van der Waals surface area contributed by atoms with Gasteiger partial charge in [-0.2, -0.15) is 0 Å². The molecule has 0 bridgehead atoms. The van der Waals surface area contributed by atoms with Gasteiger partial charge in [0, 0.05) is 5.69 Å². The van der Waals surface area contributed by atoms with Gasteiger partial charge in [0.25, 0.3) is 10.0 Å². The molecule has 0 amide bonds.